The molecule has 1 fully saturated rings. The van der Waals surface area contributed by atoms with Gasteiger partial charge in [-0.2, -0.15) is 0 Å². The number of imidazole rings is 1. The lowest BCUT2D eigenvalue weighted by atomic mass is 9.99. The molecule has 122 valence electrons. The molecule has 1 aliphatic rings. The van der Waals surface area contributed by atoms with E-state index in [0.717, 1.165) is 37.2 Å². The number of hydrogen-bond acceptors (Lipinski definition) is 3. The molecule has 5 nitrogen and oxygen atoms in total. The number of piperidine rings is 1. The van der Waals surface area contributed by atoms with Gasteiger partial charge in [0.15, 0.2) is 0 Å². The van der Waals surface area contributed by atoms with Gasteiger partial charge in [0, 0.05) is 25.5 Å². The van der Waals surface area contributed by atoms with Gasteiger partial charge in [-0.15, -0.1) is 0 Å². The topological polar surface area (TPSA) is 58.4 Å². The minimum absolute atomic E-state index is 0.0214. The number of nitrogens with zero attached hydrogens (tertiary/aromatic N) is 3. The summed E-state index contributed by atoms with van der Waals surface area (Å²) >= 11 is 0. The first kappa shape index (κ1) is 15.6. The largest absolute Gasteiger partial charge is 0.507 e. The Balaban J connectivity index is 1.93. The van der Waals surface area contributed by atoms with Crippen molar-refractivity contribution >= 4 is 5.91 Å². The second-order valence-electron chi connectivity index (χ2n) is 6.10. The highest BCUT2D eigenvalue weighted by atomic mass is 16.3. The van der Waals surface area contributed by atoms with E-state index in [0.29, 0.717) is 12.1 Å². The summed E-state index contributed by atoms with van der Waals surface area (Å²) in [4.78, 5) is 19.3. The summed E-state index contributed by atoms with van der Waals surface area (Å²) in [5.74, 6) is 0.878. The molecule has 1 atom stereocenters. The molecule has 0 spiro atoms. The predicted molar refractivity (Wildman–Crippen MR) is 88.4 cm³/mol. The van der Waals surface area contributed by atoms with E-state index in [2.05, 4.69) is 16.5 Å². The molecule has 0 radical (unpaired) electrons. The van der Waals surface area contributed by atoms with Crippen LogP contribution in [0.4, 0.5) is 0 Å². The summed E-state index contributed by atoms with van der Waals surface area (Å²) in [5.41, 5.74) is 1.31. The van der Waals surface area contributed by atoms with Gasteiger partial charge in [-0.25, -0.2) is 4.98 Å². The van der Waals surface area contributed by atoms with Gasteiger partial charge in [-0.1, -0.05) is 6.07 Å². The maximum atomic E-state index is 13.0. The lowest BCUT2D eigenvalue weighted by Gasteiger charge is -2.35. The SMILES string of the molecule is CCn1ccnc1[C@H]1CCCCN1C(=O)c1ccc(C)cc1O. The average Bonchev–Trinajstić information content (AvgIpc) is 3.03. The molecule has 0 bridgehead atoms. The Kier molecular flexibility index (Phi) is 4.37. The van der Waals surface area contributed by atoms with Crippen LogP contribution >= 0.6 is 0 Å². The zero-order valence-electron chi connectivity index (χ0n) is 13.7. The number of amides is 1. The van der Waals surface area contributed by atoms with Crippen LogP contribution in [-0.4, -0.2) is 32.0 Å². The number of hydrogen-bond donors (Lipinski definition) is 1. The third-order valence-corrected chi connectivity index (χ3v) is 4.53. The fourth-order valence-electron chi connectivity index (χ4n) is 3.31. The quantitative estimate of drug-likeness (QED) is 0.946. The maximum absolute atomic E-state index is 13.0. The second-order valence-corrected chi connectivity index (χ2v) is 6.10. The Morgan fingerprint density at radius 3 is 2.96 bits per heavy atom. The van der Waals surface area contributed by atoms with E-state index in [9.17, 15) is 9.90 Å². The van der Waals surface area contributed by atoms with Crippen LogP contribution in [0.25, 0.3) is 0 Å². The van der Waals surface area contributed by atoms with Gasteiger partial charge in [-0.3, -0.25) is 4.79 Å². The summed E-state index contributed by atoms with van der Waals surface area (Å²) in [5, 5.41) is 10.1. The van der Waals surface area contributed by atoms with E-state index >= 15 is 0 Å². The zero-order chi connectivity index (χ0) is 16.4. The smallest absolute Gasteiger partial charge is 0.258 e. The Labute approximate surface area is 136 Å². The first-order valence-electron chi connectivity index (χ1n) is 8.23. The molecular formula is C18H23N3O2. The molecule has 2 aromatic rings. The first-order chi connectivity index (χ1) is 11.1. The molecule has 23 heavy (non-hydrogen) atoms. The van der Waals surface area contributed by atoms with Gasteiger partial charge >= 0.3 is 0 Å². The lowest BCUT2D eigenvalue weighted by Crippen LogP contribution is -2.39. The fraction of sp³-hybridized carbons (Fsp3) is 0.444. The van der Waals surface area contributed by atoms with Crippen LogP contribution in [0.15, 0.2) is 30.6 Å². The Morgan fingerprint density at radius 2 is 2.22 bits per heavy atom. The summed E-state index contributed by atoms with van der Waals surface area (Å²) < 4.78 is 2.09. The number of carbonyl (C=O) groups is 1. The molecule has 0 aliphatic carbocycles. The van der Waals surface area contributed by atoms with Crippen molar-refractivity contribution in [3.05, 3.63) is 47.5 Å². The van der Waals surface area contributed by atoms with Crippen molar-refractivity contribution in [2.45, 2.75) is 45.7 Å². The molecule has 1 N–H and O–H groups in total. The number of likely N-dealkylation sites (tertiary alicyclic amines) is 1. The molecule has 0 unspecified atom stereocenters. The van der Waals surface area contributed by atoms with Gasteiger partial charge in [0.1, 0.15) is 11.6 Å². The molecule has 0 saturated carbocycles. The van der Waals surface area contributed by atoms with Gasteiger partial charge < -0.3 is 14.6 Å². The number of aryl methyl sites for hydroxylation is 2. The number of phenolic OH excluding ortho intramolecular Hbond substituents is 1. The standard InChI is InChI=1S/C18H23N3O2/c1-3-20-11-9-19-17(20)15-6-4-5-10-21(15)18(23)14-8-7-13(2)12-16(14)22/h7-9,11-12,15,22H,3-6,10H2,1-2H3/t15-/m1/s1. The first-order valence-corrected chi connectivity index (χ1v) is 8.23. The molecular weight excluding hydrogens is 290 g/mol. The number of aromatic nitrogens is 2. The van der Waals surface area contributed by atoms with Crippen molar-refractivity contribution in [1.29, 1.82) is 0 Å². The van der Waals surface area contributed by atoms with Gasteiger partial charge in [0.05, 0.1) is 11.6 Å². The molecule has 5 heteroatoms. The molecule has 1 saturated heterocycles. The Bertz CT molecular complexity index is 708. The Hall–Kier alpha value is -2.30. The van der Waals surface area contributed by atoms with Crippen LogP contribution in [0.2, 0.25) is 0 Å². The van der Waals surface area contributed by atoms with Crippen LogP contribution in [0, 0.1) is 6.92 Å². The second kappa shape index (κ2) is 6.44. The predicted octanol–water partition coefficient (Wildman–Crippen LogP) is 3.28. The van der Waals surface area contributed by atoms with Gasteiger partial charge in [0.2, 0.25) is 0 Å². The number of aromatic hydroxyl groups is 1. The number of phenols is 1. The van der Waals surface area contributed by atoms with Crippen LogP contribution in [0.3, 0.4) is 0 Å². The van der Waals surface area contributed by atoms with Crippen LogP contribution in [0.1, 0.15) is 54.0 Å². The molecule has 1 aliphatic heterocycles. The summed E-state index contributed by atoms with van der Waals surface area (Å²) in [6, 6.07) is 5.19. The van der Waals surface area contributed by atoms with E-state index in [1.807, 2.05) is 24.1 Å². The molecule has 3 rings (SSSR count). The Morgan fingerprint density at radius 1 is 1.39 bits per heavy atom. The highest BCUT2D eigenvalue weighted by Crippen LogP contribution is 2.33. The normalized spacial score (nSPS) is 18.2. The minimum atomic E-state index is -0.113. The van der Waals surface area contributed by atoms with Crippen LogP contribution in [-0.2, 0) is 6.54 Å². The minimum Gasteiger partial charge on any atom is -0.507 e. The third-order valence-electron chi connectivity index (χ3n) is 4.53. The third kappa shape index (κ3) is 2.96. The average molecular weight is 313 g/mol. The lowest BCUT2D eigenvalue weighted by molar-refractivity contribution is 0.0592. The van der Waals surface area contributed by atoms with Crippen molar-refractivity contribution < 1.29 is 9.90 Å². The van der Waals surface area contributed by atoms with Crippen molar-refractivity contribution in [1.82, 2.24) is 14.5 Å². The molecule has 1 amide bonds. The van der Waals surface area contributed by atoms with Crippen molar-refractivity contribution in [3.63, 3.8) is 0 Å². The van der Waals surface area contributed by atoms with Crippen molar-refractivity contribution in [2.24, 2.45) is 0 Å². The molecule has 2 heterocycles. The summed E-state index contributed by atoms with van der Waals surface area (Å²) in [7, 11) is 0. The highest BCUT2D eigenvalue weighted by molar-refractivity contribution is 5.97. The number of carbonyl (C=O) groups excluding carboxylic acids is 1. The molecule has 1 aromatic carbocycles. The molecule has 1 aromatic heterocycles. The maximum Gasteiger partial charge on any atom is 0.258 e. The number of rotatable bonds is 3. The zero-order valence-corrected chi connectivity index (χ0v) is 13.7. The van der Waals surface area contributed by atoms with E-state index < -0.39 is 0 Å². The van der Waals surface area contributed by atoms with Crippen LogP contribution < -0.4 is 0 Å². The number of benzene rings is 1. The van der Waals surface area contributed by atoms with E-state index in [1.54, 1.807) is 18.3 Å². The highest BCUT2D eigenvalue weighted by Gasteiger charge is 2.32. The van der Waals surface area contributed by atoms with E-state index in [1.165, 1.54) is 0 Å². The van der Waals surface area contributed by atoms with Crippen molar-refractivity contribution in [3.8, 4) is 5.75 Å². The van der Waals surface area contributed by atoms with Crippen LogP contribution in [0.5, 0.6) is 5.75 Å². The van der Waals surface area contributed by atoms with E-state index in [4.69, 9.17) is 0 Å². The van der Waals surface area contributed by atoms with Crippen molar-refractivity contribution in [2.75, 3.05) is 6.54 Å². The summed E-state index contributed by atoms with van der Waals surface area (Å²) in [6.07, 6.45) is 6.73. The van der Waals surface area contributed by atoms with E-state index in [-0.39, 0.29) is 17.7 Å². The summed E-state index contributed by atoms with van der Waals surface area (Å²) in [6.45, 7) is 5.51. The monoisotopic (exact) mass is 313 g/mol. The van der Waals surface area contributed by atoms with Gasteiger partial charge in [0.25, 0.3) is 5.91 Å². The van der Waals surface area contributed by atoms with Gasteiger partial charge in [-0.05, 0) is 50.8 Å². The fourth-order valence-corrected chi connectivity index (χ4v) is 3.31.